The summed E-state index contributed by atoms with van der Waals surface area (Å²) >= 11 is 0. The maximum Gasteiger partial charge on any atom is 0.190 e. The van der Waals surface area contributed by atoms with Gasteiger partial charge in [-0.1, -0.05) is 25.3 Å². The van der Waals surface area contributed by atoms with Crippen LogP contribution in [0, 0.1) is 6.92 Å². The van der Waals surface area contributed by atoms with E-state index in [0.29, 0.717) is 0 Å². The van der Waals surface area contributed by atoms with E-state index in [1.54, 1.807) is 31.5 Å². The lowest BCUT2D eigenvalue weighted by molar-refractivity contribution is 0.521. The predicted molar refractivity (Wildman–Crippen MR) is 41.6 cm³/mol. The first-order valence-electron chi connectivity index (χ1n) is 2.90. The molecular formula is C8H11NO. The summed E-state index contributed by atoms with van der Waals surface area (Å²) in [5, 5.41) is 0. The molecule has 0 bridgehead atoms. The Hall–Kier alpha value is -1.31. The number of hydrogen-bond donors (Lipinski definition) is 0. The number of oxazole rings is 1. The monoisotopic (exact) mass is 137 g/mol. The fraction of sp³-hybridized carbons (Fsp3) is 0.125. The molecule has 0 radical (unpaired) electrons. The lowest BCUT2D eigenvalue weighted by Gasteiger charge is -1.67. The molecule has 0 fully saturated rings. The van der Waals surface area contributed by atoms with Crippen LogP contribution in [0.4, 0.5) is 0 Å². The van der Waals surface area contributed by atoms with E-state index >= 15 is 0 Å². The summed E-state index contributed by atoms with van der Waals surface area (Å²) in [5.41, 5.74) is 0. The molecule has 10 heavy (non-hydrogen) atoms. The third kappa shape index (κ3) is 4.84. The molecule has 1 heterocycles. The summed E-state index contributed by atoms with van der Waals surface area (Å²) in [6, 6.07) is 0. The molecule has 0 spiro atoms. The van der Waals surface area contributed by atoms with Gasteiger partial charge in [-0.05, 0) is 0 Å². The number of rotatable bonds is 1. The summed E-state index contributed by atoms with van der Waals surface area (Å²) < 4.78 is 4.72. The standard InChI is InChI=1S/C4H5NO.C4H6/c1-4-5-2-3-6-4;1-3-4-2/h2-3H,1H3;3-4H,1-2H2. The Kier molecular flexibility index (Phi) is 5.06. The first kappa shape index (κ1) is 8.69. The highest BCUT2D eigenvalue weighted by Gasteiger charge is 1.77. The van der Waals surface area contributed by atoms with Crippen molar-refractivity contribution in [3.05, 3.63) is 43.7 Å². The van der Waals surface area contributed by atoms with E-state index in [-0.39, 0.29) is 0 Å². The van der Waals surface area contributed by atoms with Gasteiger partial charge in [0.2, 0.25) is 0 Å². The zero-order valence-electron chi connectivity index (χ0n) is 6.08. The molecule has 1 aromatic rings. The first-order chi connectivity index (χ1) is 4.81. The lowest BCUT2D eigenvalue weighted by atomic mass is 10.6. The topological polar surface area (TPSA) is 26.0 Å². The molecule has 0 aliphatic rings. The van der Waals surface area contributed by atoms with Gasteiger partial charge in [-0.2, -0.15) is 0 Å². The van der Waals surface area contributed by atoms with E-state index in [9.17, 15) is 0 Å². The summed E-state index contributed by atoms with van der Waals surface area (Å²) in [7, 11) is 0. The van der Waals surface area contributed by atoms with Gasteiger partial charge < -0.3 is 4.42 Å². The number of allylic oxidation sites excluding steroid dienone is 2. The van der Waals surface area contributed by atoms with Crippen LogP contribution in [0.3, 0.4) is 0 Å². The second kappa shape index (κ2) is 5.82. The van der Waals surface area contributed by atoms with Gasteiger partial charge in [-0.25, -0.2) is 4.98 Å². The van der Waals surface area contributed by atoms with Crippen LogP contribution in [-0.4, -0.2) is 4.98 Å². The Morgan fingerprint density at radius 1 is 1.50 bits per heavy atom. The van der Waals surface area contributed by atoms with E-state index < -0.39 is 0 Å². The molecule has 0 amide bonds. The predicted octanol–water partition coefficient (Wildman–Crippen LogP) is 2.34. The Balaban J connectivity index is 0.000000180. The molecule has 0 aliphatic heterocycles. The largest absolute Gasteiger partial charge is 0.449 e. The summed E-state index contributed by atoms with van der Waals surface area (Å²) in [4.78, 5) is 3.75. The van der Waals surface area contributed by atoms with Crippen LogP contribution in [0.1, 0.15) is 5.89 Å². The Labute approximate surface area is 60.9 Å². The maximum absolute atomic E-state index is 4.72. The molecule has 2 nitrogen and oxygen atoms in total. The molecule has 1 aromatic heterocycles. The van der Waals surface area contributed by atoms with Crippen LogP contribution in [0.5, 0.6) is 0 Å². The van der Waals surface area contributed by atoms with E-state index in [1.807, 2.05) is 0 Å². The molecule has 0 aliphatic carbocycles. The van der Waals surface area contributed by atoms with Crippen molar-refractivity contribution in [1.29, 1.82) is 0 Å². The van der Waals surface area contributed by atoms with Crippen LogP contribution in [0.15, 0.2) is 42.2 Å². The highest BCUT2D eigenvalue weighted by Crippen LogP contribution is 1.86. The van der Waals surface area contributed by atoms with Crippen molar-refractivity contribution in [2.75, 3.05) is 0 Å². The third-order valence-corrected chi connectivity index (χ3v) is 0.722. The van der Waals surface area contributed by atoms with Gasteiger partial charge in [0, 0.05) is 6.92 Å². The van der Waals surface area contributed by atoms with Gasteiger partial charge in [-0.15, -0.1) is 0 Å². The first-order valence-corrected chi connectivity index (χ1v) is 2.90. The van der Waals surface area contributed by atoms with Gasteiger partial charge >= 0.3 is 0 Å². The molecule has 54 valence electrons. The third-order valence-electron chi connectivity index (χ3n) is 0.722. The Morgan fingerprint density at radius 2 is 2.10 bits per heavy atom. The molecule has 0 unspecified atom stereocenters. The van der Waals surface area contributed by atoms with Crippen molar-refractivity contribution < 1.29 is 4.42 Å². The van der Waals surface area contributed by atoms with Crippen molar-refractivity contribution >= 4 is 0 Å². The van der Waals surface area contributed by atoms with Crippen molar-refractivity contribution in [3.63, 3.8) is 0 Å². The molecule has 0 saturated heterocycles. The second-order valence-corrected chi connectivity index (χ2v) is 1.52. The van der Waals surface area contributed by atoms with Crippen LogP contribution < -0.4 is 0 Å². The summed E-state index contributed by atoms with van der Waals surface area (Å²) in [5.74, 6) is 0.718. The van der Waals surface area contributed by atoms with Gasteiger partial charge in [-0.3, -0.25) is 0 Å². The van der Waals surface area contributed by atoms with E-state index in [2.05, 4.69) is 18.1 Å². The zero-order valence-corrected chi connectivity index (χ0v) is 6.08. The lowest BCUT2D eigenvalue weighted by Crippen LogP contribution is -1.59. The van der Waals surface area contributed by atoms with Crippen molar-refractivity contribution in [3.8, 4) is 0 Å². The second-order valence-electron chi connectivity index (χ2n) is 1.52. The smallest absolute Gasteiger partial charge is 0.190 e. The van der Waals surface area contributed by atoms with Crippen LogP contribution in [0.25, 0.3) is 0 Å². The van der Waals surface area contributed by atoms with Crippen LogP contribution >= 0.6 is 0 Å². The molecule has 0 aromatic carbocycles. The summed E-state index contributed by atoms with van der Waals surface area (Å²) in [6.45, 7) is 8.53. The molecule has 0 N–H and O–H groups in total. The highest BCUT2D eigenvalue weighted by molar-refractivity contribution is 4.88. The van der Waals surface area contributed by atoms with Crippen LogP contribution in [0.2, 0.25) is 0 Å². The molecule has 0 saturated carbocycles. The quantitative estimate of drug-likeness (QED) is 0.555. The summed E-state index contributed by atoms with van der Waals surface area (Å²) in [6.07, 6.45) is 6.45. The maximum atomic E-state index is 4.72. The van der Waals surface area contributed by atoms with E-state index in [1.165, 1.54) is 0 Å². The van der Waals surface area contributed by atoms with E-state index in [4.69, 9.17) is 4.42 Å². The minimum Gasteiger partial charge on any atom is -0.449 e. The SMILES string of the molecule is C=CC=C.Cc1ncco1. The van der Waals surface area contributed by atoms with Gasteiger partial charge in [0.15, 0.2) is 5.89 Å². The van der Waals surface area contributed by atoms with Crippen molar-refractivity contribution in [2.24, 2.45) is 0 Å². The fourth-order valence-electron chi connectivity index (χ4n) is 0.295. The van der Waals surface area contributed by atoms with Gasteiger partial charge in [0.25, 0.3) is 0 Å². The molecular weight excluding hydrogens is 126 g/mol. The van der Waals surface area contributed by atoms with Crippen molar-refractivity contribution in [1.82, 2.24) is 4.98 Å². The number of hydrogen-bond acceptors (Lipinski definition) is 2. The van der Waals surface area contributed by atoms with Gasteiger partial charge in [0.05, 0.1) is 6.20 Å². The highest BCUT2D eigenvalue weighted by atomic mass is 16.3. The normalized spacial score (nSPS) is 7.30. The fourth-order valence-corrected chi connectivity index (χ4v) is 0.295. The average Bonchev–Trinajstić information content (AvgIpc) is 2.40. The Bertz CT molecular complexity index is 171. The molecule has 1 rings (SSSR count). The number of nitrogens with zero attached hydrogens (tertiary/aromatic N) is 1. The Morgan fingerprint density at radius 3 is 2.20 bits per heavy atom. The van der Waals surface area contributed by atoms with Crippen LogP contribution in [-0.2, 0) is 0 Å². The average molecular weight is 137 g/mol. The van der Waals surface area contributed by atoms with E-state index in [0.717, 1.165) is 5.89 Å². The minimum absolute atomic E-state index is 0.718. The van der Waals surface area contributed by atoms with Crippen molar-refractivity contribution in [2.45, 2.75) is 6.92 Å². The number of aryl methyl sites for hydroxylation is 1. The molecule has 2 heteroatoms. The molecule has 0 atom stereocenters. The zero-order chi connectivity index (χ0) is 7.82. The minimum atomic E-state index is 0.718. The van der Waals surface area contributed by atoms with Gasteiger partial charge in [0.1, 0.15) is 6.26 Å². The number of aromatic nitrogens is 1.